The maximum Gasteiger partial charge on any atom is 0.156 e. The van der Waals surface area contributed by atoms with Crippen LogP contribution in [-0.2, 0) is 9.47 Å². The molecule has 0 radical (unpaired) electrons. The summed E-state index contributed by atoms with van der Waals surface area (Å²) in [6.45, 7) is 5.80. The van der Waals surface area contributed by atoms with Crippen molar-refractivity contribution in [1.29, 1.82) is 0 Å². The minimum atomic E-state index is -0.0416. The minimum Gasteiger partial charge on any atom is -0.356 e. The second-order valence-electron chi connectivity index (χ2n) is 3.43. The summed E-state index contributed by atoms with van der Waals surface area (Å²) >= 11 is 0. The molecule has 0 atom stereocenters. The predicted octanol–water partition coefficient (Wildman–Crippen LogP) is 3.30. The quantitative estimate of drug-likeness (QED) is 0.338. The monoisotopic (exact) mass is 198 g/mol. The maximum atomic E-state index is 5.09. The molecule has 0 aliphatic rings. The fourth-order valence-electron chi connectivity index (χ4n) is 1.19. The summed E-state index contributed by atoms with van der Waals surface area (Å²) in [7, 11) is 3.35. The molecule has 2 nitrogen and oxygen atoms in total. The third-order valence-corrected chi connectivity index (χ3v) is 1.99. The lowest BCUT2D eigenvalue weighted by molar-refractivity contribution is -0.107. The van der Waals surface area contributed by atoms with Crippen LogP contribution >= 0.6 is 0 Å². The van der Waals surface area contributed by atoms with Crippen molar-refractivity contribution >= 4 is 0 Å². The number of methoxy groups -OCH3 is 2. The van der Waals surface area contributed by atoms with Gasteiger partial charge in [-0.25, -0.2) is 0 Å². The molecule has 0 aromatic rings. The largest absolute Gasteiger partial charge is 0.356 e. The molecule has 0 unspecified atom stereocenters. The number of ether oxygens (including phenoxy) is 2. The summed E-state index contributed by atoms with van der Waals surface area (Å²) < 4.78 is 10.2. The van der Waals surface area contributed by atoms with Gasteiger partial charge in [-0.1, -0.05) is 24.3 Å². The lowest BCUT2D eigenvalue weighted by atomic mass is 10.1. The van der Waals surface area contributed by atoms with E-state index in [2.05, 4.69) is 18.7 Å². The number of hydrogen-bond acceptors (Lipinski definition) is 2. The van der Waals surface area contributed by atoms with E-state index in [9.17, 15) is 0 Å². The highest BCUT2D eigenvalue weighted by atomic mass is 16.7. The Kier molecular flexibility index (Phi) is 8.59. The van der Waals surface area contributed by atoms with E-state index in [1.807, 2.05) is 6.92 Å². The van der Waals surface area contributed by atoms with Crippen molar-refractivity contribution in [2.75, 3.05) is 14.2 Å². The molecule has 0 aromatic heterocycles. The third kappa shape index (κ3) is 8.02. The third-order valence-electron chi connectivity index (χ3n) is 1.99. The molecule has 0 amide bonds. The Morgan fingerprint density at radius 2 is 1.93 bits per heavy atom. The molecule has 0 N–H and O–H groups in total. The van der Waals surface area contributed by atoms with Gasteiger partial charge in [-0.15, -0.1) is 0 Å². The molecule has 0 fully saturated rings. The highest BCUT2D eigenvalue weighted by molar-refractivity contribution is 5.10. The zero-order valence-corrected chi connectivity index (χ0v) is 9.58. The van der Waals surface area contributed by atoms with Crippen LogP contribution in [0.25, 0.3) is 0 Å². The summed E-state index contributed by atoms with van der Waals surface area (Å²) in [5, 5.41) is 0. The molecule has 0 spiro atoms. The first-order chi connectivity index (χ1) is 6.70. The van der Waals surface area contributed by atoms with Gasteiger partial charge in [0.15, 0.2) is 6.29 Å². The van der Waals surface area contributed by atoms with Crippen molar-refractivity contribution in [2.24, 2.45) is 0 Å². The number of hydrogen-bond donors (Lipinski definition) is 0. The zero-order chi connectivity index (χ0) is 10.8. The Labute approximate surface area is 87.6 Å². The van der Waals surface area contributed by atoms with E-state index >= 15 is 0 Å². The van der Waals surface area contributed by atoms with Crippen LogP contribution < -0.4 is 0 Å². The second kappa shape index (κ2) is 8.97. The van der Waals surface area contributed by atoms with E-state index in [4.69, 9.17) is 9.47 Å². The van der Waals surface area contributed by atoms with Crippen LogP contribution in [0, 0.1) is 0 Å². The molecule has 0 aromatic carbocycles. The first-order valence-electron chi connectivity index (χ1n) is 5.08. The summed E-state index contributed by atoms with van der Waals surface area (Å²) in [6, 6.07) is 0. The molecule has 0 bridgehead atoms. The van der Waals surface area contributed by atoms with Gasteiger partial charge in [0.1, 0.15) is 0 Å². The van der Waals surface area contributed by atoms with Gasteiger partial charge in [0.25, 0.3) is 0 Å². The standard InChI is InChI=1S/C12H22O2/c1-11(2)9-7-5-6-8-10-12(13-3)14-4/h7,9,12H,1,5-6,8,10H2,2-4H3/b9-7+. The zero-order valence-electron chi connectivity index (χ0n) is 9.58. The minimum absolute atomic E-state index is 0.0416. The van der Waals surface area contributed by atoms with Crippen LogP contribution in [0.3, 0.4) is 0 Å². The van der Waals surface area contributed by atoms with Crippen LogP contribution in [0.5, 0.6) is 0 Å². The molecular formula is C12H22O2. The number of allylic oxidation sites excluding steroid dienone is 3. The summed E-state index contributed by atoms with van der Waals surface area (Å²) in [5.41, 5.74) is 1.11. The highest BCUT2D eigenvalue weighted by Crippen LogP contribution is 2.07. The van der Waals surface area contributed by atoms with E-state index in [-0.39, 0.29) is 6.29 Å². The molecule has 0 aliphatic heterocycles. The first kappa shape index (κ1) is 13.4. The van der Waals surface area contributed by atoms with E-state index in [1.165, 1.54) is 6.42 Å². The lowest BCUT2D eigenvalue weighted by Gasteiger charge is -2.11. The molecule has 0 aliphatic carbocycles. The molecular weight excluding hydrogens is 176 g/mol. The Morgan fingerprint density at radius 1 is 1.29 bits per heavy atom. The van der Waals surface area contributed by atoms with E-state index in [0.717, 1.165) is 24.8 Å². The topological polar surface area (TPSA) is 18.5 Å². The normalized spacial score (nSPS) is 11.4. The first-order valence-corrected chi connectivity index (χ1v) is 5.08. The molecule has 0 saturated carbocycles. The van der Waals surface area contributed by atoms with E-state index < -0.39 is 0 Å². The van der Waals surface area contributed by atoms with Gasteiger partial charge in [0, 0.05) is 14.2 Å². The molecule has 0 heterocycles. The number of rotatable bonds is 8. The fourth-order valence-corrected chi connectivity index (χ4v) is 1.19. The van der Waals surface area contributed by atoms with Gasteiger partial charge in [0.2, 0.25) is 0 Å². The molecule has 82 valence electrons. The van der Waals surface area contributed by atoms with Crippen molar-refractivity contribution in [3.05, 3.63) is 24.3 Å². The van der Waals surface area contributed by atoms with E-state index in [1.54, 1.807) is 14.2 Å². The Hall–Kier alpha value is -0.600. The Bertz CT molecular complexity index is 169. The summed E-state index contributed by atoms with van der Waals surface area (Å²) in [5.74, 6) is 0. The molecule has 14 heavy (non-hydrogen) atoms. The van der Waals surface area contributed by atoms with Crippen LogP contribution in [0.4, 0.5) is 0 Å². The van der Waals surface area contributed by atoms with Gasteiger partial charge in [-0.2, -0.15) is 0 Å². The van der Waals surface area contributed by atoms with Crippen molar-refractivity contribution < 1.29 is 9.47 Å². The van der Waals surface area contributed by atoms with Crippen LogP contribution in [0.1, 0.15) is 32.6 Å². The SMILES string of the molecule is C=C(C)/C=C/CCCCC(OC)OC. The van der Waals surface area contributed by atoms with Crippen molar-refractivity contribution in [1.82, 2.24) is 0 Å². The Balaban J connectivity index is 3.32. The van der Waals surface area contributed by atoms with Crippen molar-refractivity contribution in [3.63, 3.8) is 0 Å². The molecule has 0 rings (SSSR count). The van der Waals surface area contributed by atoms with E-state index in [0.29, 0.717) is 0 Å². The second-order valence-corrected chi connectivity index (χ2v) is 3.43. The van der Waals surface area contributed by atoms with Crippen LogP contribution in [0.2, 0.25) is 0 Å². The predicted molar refractivity (Wildman–Crippen MR) is 60.2 cm³/mol. The summed E-state index contributed by atoms with van der Waals surface area (Å²) in [6.07, 6.45) is 8.56. The van der Waals surface area contributed by atoms with Gasteiger partial charge < -0.3 is 9.47 Å². The summed E-state index contributed by atoms with van der Waals surface area (Å²) in [4.78, 5) is 0. The average molecular weight is 198 g/mol. The van der Waals surface area contributed by atoms with Crippen molar-refractivity contribution in [2.45, 2.75) is 38.9 Å². The van der Waals surface area contributed by atoms with Gasteiger partial charge in [0.05, 0.1) is 0 Å². The average Bonchev–Trinajstić information content (AvgIpc) is 2.16. The fraction of sp³-hybridized carbons (Fsp3) is 0.667. The highest BCUT2D eigenvalue weighted by Gasteiger charge is 2.02. The van der Waals surface area contributed by atoms with Crippen molar-refractivity contribution in [3.8, 4) is 0 Å². The van der Waals surface area contributed by atoms with Crippen LogP contribution in [0.15, 0.2) is 24.3 Å². The van der Waals surface area contributed by atoms with Gasteiger partial charge >= 0.3 is 0 Å². The van der Waals surface area contributed by atoms with Gasteiger partial charge in [-0.3, -0.25) is 0 Å². The molecule has 0 saturated heterocycles. The Morgan fingerprint density at radius 3 is 2.43 bits per heavy atom. The smallest absolute Gasteiger partial charge is 0.156 e. The van der Waals surface area contributed by atoms with Gasteiger partial charge in [-0.05, 0) is 32.6 Å². The maximum absolute atomic E-state index is 5.09. The van der Waals surface area contributed by atoms with Crippen LogP contribution in [-0.4, -0.2) is 20.5 Å². The molecule has 2 heteroatoms. The lowest BCUT2D eigenvalue weighted by Crippen LogP contribution is -2.12. The number of unbranched alkanes of at least 4 members (excludes halogenated alkanes) is 2.